The normalized spacial score (nSPS) is 9.94. The van der Waals surface area contributed by atoms with Gasteiger partial charge < -0.3 is 9.84 Å². The standard InChI is InChI=1S/C12H10N2O3/c1-8-2-7-11(14-13-8)17-10-5-3-9(4-6-10)12(15)16/h2-7H,1H3,(H,15,16). The van der Waals surface area contributed by atoms with Crippen LogP contribution in [0.3, 0.4) is 0 Å². The lowest BCUT2D eigenvalue weighted by atomic mass is 10.2. The van der Waals surface area contributed by atoms with Crippen LogP contribution >= 0.6 is 0 Å². The molecule has 0 saturated carbocycles. The van der Waals surface area contributed by atoms with Crippen molar-refractivity contribution >= 4 is 5.97 Å². The van der Waals surface area contributed by atoms with E-state index >= 15 is 0 Å². The summed E-state index contributed by atoms with van der Waals surface area (Å²) in [7, 11) is 0. The first-order valence-corrected chi connectivity index (χ1v) is 4.97. The van der Waals surface area contributed by atoms with E-state index in [4.69, 9.17) is 9.84 Å². The van der Waals surface area contributed by atoms with Gasteiger partial charge in [-0.1, -0.05) is 0 Å². The summed E-state index contributed by atoms with van der Waals surface area (Å²) < 4.78 is 5.40. The van der Waals surface area contributed by atoms with E-state index in [0.717, 1.165) is 5.69 Å². The number of carboxylic acid groups (broad SMARTS) is 1. The third kappa shape index (κ3) is 2.78. The Morgan fingerprint density at radius 2 is 1.82 bits per heavy atom. The van der Waals surface area contributed by atoms with Crippen LogP contribution in [0.2, 0.25) is 0 Å². The molecule has 0 aliphatic heterocycles. The molecule has 1 N–H and O–H groups in total. The van der Waals surface area contributed by atoms with Gasteiger partial charge in [0.1, 0.15) is 5.75 Å². The van der Waals surface area contributed by atoms with E-state index in [9.17, 15) is 4.79 Å². The molecular formula is C12H10N2O3. The summed E-state index contributed by atoms with van der Waals surface area (Å²) >= 11 is 0. The predicted molar refractivity (Wildman–Crippen MR) is 60.2 cm³/mol. The maximum atomic E-state index is 10.6. The van der Waals surface area contributed by atoms with Gasteiger partial charge in [-0.25, -0.2) is 4.79 Å². The van der Waals surface area contributed by atoms with Gasteiger partial charge in [0.15, 0.2) is 0 Å². The first-order chi connectivity index (χ1) is 8.15. The zero-order valence-electron chi connectivity index (χ0n) is 9.12. The Kier molecular flexibility index (Phi) is 3.00. The Bertz CT molecular complexity index is 520. The predicted octanol–water partition coefficient (Wildman–Crippen LogP) is 2.28. The lowest BCUT2D eigenvalue weighted by Crippen LogP contribution is -1.96. The van der Waals surface area contributed by atoms with Crippen molar-refractivity contribution in [1.29, 1.82) is 0 Å². The molecule has 0 amide bonds. The highest BCUT2D eigenvalue weighted by molar-refractivity contribution is 5.87. The molecule has 5 nitrogen and oxygen atoms in total. The first-order valence-electron chi connectivity index (χ1n) is 4.97. The van der Waals surface area contributed by atoms with Crippen LogP contribution in [0.5, 0.6) is 11.6 Å². The van der Waals surface area contributed by atoms with Crippen LogP contribution in [0.25, 0.3) is 0 Å². The van der Waals surface area contributed by atoms with Gasteiger partial charge in [0.25, 0.3) is 0 Å². The highest BCUT2D eigenvalue weighted by Crippen LogP contribution is 2.19. The number of ether oxygens (including phenoxy) is 1. The van der Waals surface area contributed by atoms with E-state index in [1.807, 2.05) is 6.92 Å². The molecular weight excluding hydrogens is 220 g/mol. The number of nitrogens with zero attached hydrogens (tertiary/aromatic N) is 2. The monoisotopic (exact) mass is 230 g/mol. The molecule has 0 bridgehead atoms. The van der Waals surface area contributed by atoms with Crippen molar-refractivity contribution in [3.05, 3.63) is 47.7 Å². The number of benzene rings is 1. The summed E-state index contributed by atoms with van der Waals surface area (Å²) in [6.07, 6.45) is 0. The largest absolute Gasteiger partial charge is 0.478 e. The van der Waals surface area contributed by atoms with Crippen molar-refractivity contribution in [2.75, 3.05) is 0 Å². The molecule has 86 valence electrons. The van der Waals surface area contributed by atoms with E-state index < -0.39 is 5.97 Å². The molecule has 1 aromatic carbocycles. The number of hydrogen-bond donors (Lipinski definition) is 1. The molecule has 1 heterocycles. The third-order valence-electron chi connectivity index (χ3n) is 2.10. The summed E-state index contributed by atoms with van der Waals surface area (Å²) in [4.78, 5) is 10.6. The summed E-state index contributed by atoms with van der Waals surface area (Å²) in [5, 5.41) is 16.4. The number of carbonyl (C=O) groups is 1. The minimum Gasteiger partial charge on any atom is -0.478 e. The van der Waals surface area contributed by atoms with Gasteiger partial charge in [0.05, 0.1) is 11.3 Å². The summed E-state index contributed by atoms with van der Waals surface area (Å²) in [6.45, 7) is 1.83. The molecule has 0 saturated heterocycles. The quantitative estimate of drug-likeness (QED) is 0.875. The second kappa shape index (κ2) is 4.61. The van der Waals surface area contributed by atoms with Gasteiger partial charge in [0, 0.05) is 6.07 Å². The number of aryl methyl sites for hydroxylation is 1. The molecule has 0 aliphatic carbocycles. The van der Waals surface area contributed by atoms with E-state index in [1.165, 1.54) is 12.1 Å². The van der Waals surface area contributed by atoms with Crippen LogP contribution in [0.1, 0.15) is 16.1 Å². The van der Waals surface area contributed by atoms with Crippen molar-refractivity contribution in [3.63, 3.8) is 0 Å². The smallest absolute Gasteiger partial charge is 0.335 e. The lowest BCUT2D eigenvalue weighted by Gasteiger charge is -2.04. The lowest BCUT2D eigenvalue weighted by molar-refractivity contribution is 0.0697. The maximum absolute atomic E-state index is 10.6. The first kappa shape index (κ1) is 11.1. The van der Waals surface area contributed by atoms with Crippen molar-refractivity contribution in [2.24, 2.45) is 0 Å². The maximum Gasteiger partial charge on any atom is 0.335 e. The fraction of sp³-hybridized carbons (Fsp3) is 0.0833. The SMILES string of the molecule is Cc1ccc(Oc2ccc(C(=O)O)cc2)nn1. The molecule has 0 radical (unpaired) electrons. The zero-order chi connectivity index (χ0) is 12.3. The molecule has 5 heteroatoms. The second-order valence-corrected chi connectivity index (χ2v) is 3.44. The molecule has 0 spiro atoms. The van der Waals surface area contributed by atoms with Crippen molar-refractivity contribution in [2.45, 2.75) is 6.92 Å². The minimum absolute atomic E-state index is 0.215. The van der Waals surface area contributed by atoms with Gasteiger partial charge in [-0.05, 0) is 37.3 Å². The Balaban J connectivity index is 2.13. The molecule has 2 aromatic rings. The number of hydrogen-bond acceptors (Lipinski definition) is 4. The molecule has 0 atom stereocenters. The Labute approximate surface area is 97.7 Å². The van der Waals surface area contributed by atoms with Crippen molar-refractivity contribution in [1.82, 2.24) is 10.2 Å². The fourth-order valence-electron chi connectivity index (χ4n) is 1.23. The van der Waals surface area contributed by atoms with Gasteiger partial charge in [-0.15, -0.1) is 5.10 Å². The van der Waals surface area contributed by atoms with Crippen LogP contribution < -0.4 is 4.74 Å². The molecule has 17 heavy (non-hydrogen) atoms. The Morgan fingerprint density at radius 1 is 1.12 bits per heavy atom. The number of aromatic nitrogens is 2. The van der Waals surface area contributed by atoms with Gasteiger partial charge in [-0.2, -0.15) is 5.10 Å². The molecule has 1 aromatic heterocycles. The highest BCUT2D eigenvalue weighted by Gasteiger charge is 2.03. The Hall–Kier alpha value is -2.43. The average Bonchev–Trinajstić information content (AvgIpc) is 2.33. The summed E-state index contributed by atoms with van der Waals surface area (Å²) in [6, 6.07) is 9.58. The fourth-order valence-corrected chi connectivity index (χ4v) is 1.23. The van der Waals surface area contributed by atoms with Gasteiger partial charge in [-0.3, -0.25) is 0 Å². The van der Waals surface area contributed by atoms with Crippen LogP contribution in [-0.4, -0.2) is 21.3 Å². The number of rotatable bonds is 3. The zero-order valence-corrected chi connectivity index (χ0v) is 9.12. The van der Waals surface area contributed by atoms with Crippen LogP contribution in [0.15, 0.2) is 36.4 Å². The van der Waals surface area contributed by atoms with E-state index in [0.29, 0.717) is 11.6 Å². The van der Waals surface area contributed by atoms with Crippen molar-refractivity contribution < 1.29 is 14.6 Å². The summed E-state index contributed by atoms with van der Waals surface area (Å²) in [5.41, 5.74) is 1.02. The highest BCUT2D eigenvalue weighted by atomic mass is 16.5. The average molecular weight is 230 g/mol. The minimum atomic E-state index is -0.966. The second-order valence-electron chi connectivity index (χ2n) is 3.44. The van der Waals surface area contributed by atoms with Crippen molar-refractivity contribution in [3.8, 4) is 11.6 Å². The molecule has 0 aliphatic rings. The topological polar surface area (TPSA) is 72.3 Å². The summed E-state index contributed by atoms with van der Waals surface area (Å²) in [5.74, 6) is -0.0708. The molecule has 0 unspecified atom stereocenters. The molecule has 2 rings (SSSR count). The van der Waals surface area contributed by atoms with E-state index in [2.05, 4.69) is 10.2 Å². The third-order valence-corrected chi connectivity index (χ3v) is 2.10. The van der Waals surface area contributed by atoms with Gasteiger partial charge in [0.2, 0.25) is 5.88 Å². The van der Waals surface area contributed by atoms with Crippen LogP contribution in [0, 0.1) is 6.92 Å². The van der Waals surface area contributed by atoms with Crippen LogP contribution in [-0.2, 0) is 0 Å². The number of carboxylic acids is 1. The number of aromatic carboxylic acids is 1. The van der Waals surface area contributed by atoms with Crippen LogP contribution in [0.4, 0.5) is 0 Å². The Morgan fingerprint density at radius 3 is 2.35 bits per heavy atom. The van der Waals surface area contributed by atoms with E-state index in [-0.39, 0.29) is 5.56 Å². The molecule has 0 fully saturated rings. The van der Waals surface area contributed by atoms with Gasteiger partial charge >= 0.3 is 5.97 Å². The van der Waals surface area contributed by atoms with E-state index in [1.54, 1.807) is 24.3 Å².